The number of aryl methyl sites for hydroxylation is 1. The van der Waals surface area contributed by atoms with Crippen LogP contribution in [0.2, 0.25) is 0 Å². The van der Waals surface area contributed by atoms with E-state index in [-0.39, 0.29) is 11.9 Å². The van der Waals surface area contributed by atoms with E-state index in [9.17, 15) is 4.79 Å². The molecule has 7 nitrogen and oxygen atoms in total. The molecule has 0 aliphatic carbocycles. The third kappa shape index (κ3) is 4.61. The number of carbonyl (C=O) groups excluding carboxylic acids is 1. The Morgan fingerprint density at radius 1 is 1.19 bits per heavy atom. The molecule has 2 heterocycles. The van der Waals surface area contributed by atoms with Gasteiger partial charge in [-0.2, -0.15) is 0 Å². The summed E-state index contributed by atoms with van der Waals surface area (Å²) in [5.41, 5.74) is 0.467. The molecule has 1 fully saturated rings. The van der Waals surface area contributed by atoms with E-state index in [1.807, 2.05) is 19.1 Å². The first-order chi connectivity index (χ1) is 13.1. The second-order valence-electron chi connectivity index (χ2n) is 6.39. The third-order valence-corrected chi connectivity index (χ3v) is 4.69. The van der Waals surface area contributed by atoms with Gasteiger partial charge >= 0.3 is 0 Å². The van der Waals surface area contributed by atoms with Crippen LogP contribution in [0, 0.1) is 6.92 Å². The Bertz CT molecular complexity index is 767. The lowest BCUT2D eigenvalue weighted by atomic mass is 10.1. The van der Waals surface area contributed by atoms with Crippen molar-refractivity contribution in [2.75, 3.05) is 47.1 Å². The monoisotopic (exact) mass is 374 g/mol. The zero-order valence-corrected chi connectivity index (χ0v) is 16.0. The molecule has 146 valence electrons. The number of furan rings is 1. The largest absolute Gasteiger partial charge is 0.497 e. The van der Waals surface area contributed by atoms with Crippen LogP contribution in [-0.4, -0.2) is 57.9 Å². The molecule has 0 radical (unpaired) electrons. The predicted molar refractivity (Wildman–Crippen MR) is 100 cm³/mol. The molecule has 2 aromatic rings. The quantitative estimate of drug-likeness (QED) is 0.802. The van der Waals surface area contributed by atoms with E-state index in [2.05, 4.69) is 10.2 Å². The first-order valence-electron chi connectivity index (χ1n) is 9.00. The molecular weight excluding hydrogens is 348 g/mol. The molecule has 1 unspecified atom stereocenters. The maximum absolute atomic E-state index is 12.7. The van der Waals surface area contributed by atoms with Crippen LogP contribution in [0.5, 0.6) is 11.5 Å². The Morgan fingerprint density at radius 2 is 1.96 bits per heavy atom. The molecule has 1 aliphatic heterocycles. The van der Waals surface area contributed by atoms with Crippen LogP contribution in [0.15, 0.2) is 34.7 Å². The molecule has 1 N–H and O–H groups in total. The fourth-order valence-electron chi connectivity index (χ4n) is 3.20. The highest BCUT2D eigenvalue weighted by Crippen LogP contribution is 2.26. The minimum atomic E-state index is -0.198. The number of methoxy groups -OCH3 is 2. The van der Waals surface area contributed by atoms with Crippen LogP contribution in [0.1, 0.15) is 27.9 Å². The molecule has 1 aromatic carbocycles. The number of hydrogen-bond donors (Lipinski definition) is 1. The molecular formula is C20H26N2O5. The van der Waals surface area contributed by atoms with Crippen molar-refractivity contribution in [1.29, 1.82) is 0 Å². The molecule has 0 bridgehead atoms. The molecule has 3 rings (SSSR count). The summed E-state index contributed by atoms with van der Waals surface area (Å²) in [6.45, 7) is 5.30. The Labute approximate surface area is 159 Å². The summed E-state index contributed by atoms with van der Waals surface area (Å²) in [7, 11) is 3.11. The van der Waals surface area contributed by atoms with Crippen LogP contribution < -0.4 is 14.8 Å². The normalized spacial score (nSPS) is 16.0. The van der Waals surface area contributed by atoms with Gasteiger partial charge in [0.1, 0.15) is 23.0 Å². The van der Waals surface area contributed by atoms with E-state index < -0.39 is 0 Å². The third-order valence-electron chi connectivity index (χ3n) is 4.69. The number of nitrogens with zero attached hydrogens (tertiary/aromatic N) is 1. The molecule has 1 aliphatic rings. The van der Waals surface area contributed by atoms with Gasteiger partial charge in [-0.3, -0.25) is 9.69 Å². The van der Waals surface area contributed by atoms with Gasteiger partial charge in [0.05, 0.1) is 39.0 Å². The molecule has 1 atom stereocenters. The van der Waals surface area contributed by atoms with Crippen molar-refractivity contribution in [3.05, 3.63) is 47.4 Å². The first kappa shape index (κ1) is 19.3. The van der Waals surface area contributed by atoms with E-state index in [1.54, 1.807) is 25.3 Å². The van der Waals surface area contributed by atoms with Crippen molar-refractivity contribution in [1.82, 2.24) is 10.2 Å². The summed E-state index contributed by atoms with van der Waals surface area (Å²) in [5, 5.41) is 3.01. The SMILES string of the molecule is COc1ccc(C(=O)NCC(c2ccc(C)o2)N2CCOCC2)c(OC)c1. The molecule has 27 heavy (non-hydrogen) atoms. The highest BCUT2D eigenvalue weighted by molar-refractivity contribution is 5.97. The van der Waals surface area contributed by atoms with Crippen molar-refractivity contribution < 1.29 is 23.4 Å². The van der Waals surface area contributed by atoms with Crippen LogP contribution in [0.4, 0.5) is 0 Å². The molecule has 1 saturated heterocycles. The van der Waals surface area contributed by atoms with E-state index in [0.29, 0.717) is 36.8 Å². The van der Waals surface area contributed by atoms with Crippen LogP contribution in [0.25, 0.3) is 0 Å². The smallest absolute Gasteiger partial charge is 0.255 e. The molecule has 0 spiro atoms. The lowest BCUT2D eigenvalue weighted by Crippen LogP contribution is -2.43. The number of hydrogen-bond acceptors (Lipinski definition) is 6. The Kier molecular flexibility index (Phi) is 6.36. The minimum Gasteiger partial charge on any atom is -0.497 e. The fraction of sp³-hybridized carbons (Fsp3) is 0.450. The van der Waals surface area contributed by atoms with Gasteiger partial charge < -0.3 is 23.9 Å². The van der Waals surface area contributed by atoms with Crippen molar-refractivity contribution >= 4 is 5.91 Å². The van der Waals surface area contributed by atoms with E-state index in [1.165, 1.54) is 7.11 Å². The van der Waals surface area contributed by atoms with Gasteiger partial charge in [0.2, 0.25) is 0 Å². The number of amides is 1. The van der Waals surface area contributed by atoms with Gasteiger partial charge in [-0.15, -0.1) is 0 Å². The molecule has 0 saturated carbocycles. The maximum atomic E-state index is 12.7. The summed E-state index contributed by atoms with van der Waals surface area (Å²) >= 11 is 0. The second kappa shape index (κ2) is 8.92. The Balaban J connectivity index is 1.74. The predicted octanol–water partition coefficient (Wildman–Crippen LogP) is 2.41. The maximum Gasteiger partial charge on any atom is 0.255 e. The number of benzene rings is 1. The zero-order chi connectivity index (χ0) is 19.2. The van der Waals surface area contributed by atoms with Crippen molar-refractivity contribution in [2.24, 2.45) is 0 Å². The number of morpholine rings is 1. The van der Waals surface area contributed by atoms with Gasteiger partial charge in [0.15, 0.2) is 0 Å². The number of carbonyl (C=O) groups is 1. The van der Waals surface area contributed by atoms with Gasteiger partial charge in [-0.05, 0) is 31.2 Å². The van der Waals surface area contributed by atoms with Crippen molar-refractivity contribution in [2.45, 2.75) is 13.0 Å². The fourth-order valence-corrected chi connectivity index (χ4v) is 3.20. The Hall–Kier alpha value is -2.51. The lowest BCUT2D eigenvalue weighted by Gasteiger charge is -2.33. The van der Waals surface area contributed by atoms with E-state index in [0.717, 1.165) is 24.6 Å². The Morgan fingerprint density at radius 3 is 2.59 bits per heavy atom. The summed E-state index contributed by atoms with van der Waals surface area (Å²) in [6, 6.07) is 9.01. The minimum absolute atomic E-state index is 0.0456. The first-order valence-corrected chi connectivity index (χ1v) is 9.00. The summed E-state index contributed by atoms with van der Waals surface area (Å²) in [5.74, 6) is 2.61. The molecule has 7 heteroatoms. The number of rotatable bonds is 7. The van der Waals surface area contributed by atoms with Crippen LogP contribution >= 0.6 is 0 Å². The highest BCUT2D eigenvalue weighted by Gasteiger charge is 2.26. The average Bonchev–Trinajstić information content (AvgIpc) is 3.14. The number of nitrogens with one attached hydrogen (secondary N) is 1. The van der Waals surface area contributed by atoms with Gasteiger partial charge in [0.25, 0.3) is 5.91 Å². The van der Waals surface area contributed by atoms with Crippen molar-refractivity contribution in [3.8, 4) is 11.5 Å². The van der Waals surface area contributed by atoms with Gasteiger partial charge in [-0.1, -0.05) is 0 Å². The van der Waals surface area contributed by atoms with Gasteiger partial charge in [-0.25, -0.2) is 0 Å². The van der Waals surface area contributed by atoms with E-state index in [4.69, 9.17) is 18.6 Å². The number of ether oxygens (including phenoxy) is 3. The van der Waals surface area contributed by atoms with Gasteiger partial charge in [0, 0.05) is 25.7 Å². The summed E-state index contributed by atoms with van der Waals surface area (Å²) < 4.78 is 21.8. The standard InChI is InChI=1S/C20H26N2O5/c1-14-4-7-18(27-14)17(22-8-10-26-11-9-22)13-21-20(23)16-6-5-15(24-2)12-19(16)25-3/h4-7,12,17H,8-11,13H2,1-3H3,(H,21,23). The average molecular weight is 374 g/mol. The summed E-state index contributed by atoms with van der Waals surface area (Å²) in [6.07, 6.45) is 0. The molecule has 1 aromatic heterocycles. The van der Waals surface area contributed by atoms with Crippen LogP contribution in [-0.2, 0) is 4.74 Å². The zero-order valence-electron chi connectivity index (χ0n) is 16.0. The topological polar surface area (TPSA) is 73.2 Å². The van der Waals surface area contributed by atoms with E-state index >= 15 is 0 Å². The van der Waals surface area contributed by atoms with Crippen molar-refractivity contribution in [3.63, 3.8) is 0 Å². The second-order valence-corrected chi connectivity index (χ2v) is 6.39. The van der Waals surface area contributed by atoms with Crippen LogP contribution in [0.3, 0.4) is 0 Å². The molecule has 1 amide bonds. The summed E-state index contributed by atoms with van der Waals surface area (Å²) in [4.78, 5) is 15.0. The highest BCUT2D eigenvalue weighted by atomic mass is 16.5. The lowest BCUT2D eigenvalue weighted by molar-refractivity contribution is 0.0117.